The van der Waals surface area contributed by atoms with Crippen molar-refractivity contribution in [3.63, 3.8) is 0 Å². The number of fused-ring (bicyclic) bond motifs is 1. The summed E-state index contributed by atoms with van der Waals surface area (Å²) < 4.78 is 0.981. The Morgan fingerprint density at radius 2 is 2.00 bits per heavy atom. The van der Waals surface area contributed by atoms with E-state index in [2.05, 4.69) is 15.5 Å². The van der Waals surface area contributed by atoms with E-state index in [0.717, 1.165) is 4.73 Å². The lowest BCUT2D eigenvalue weighted by molar-refractivity contribution is -0.126. The first kappa shape index (κ1) is 17.2. The second-order valence-corrected chi connectivity index (χ2v) is 5.40. The predicted molar refractivity (Wildman–Crippen MR) is 96.0 cm³/mol. The van der Waals surface area contributed by atoms with E-state index in [4.69, 9.17) is 4.84 Å². The molecule has 0 aliphatic rings. The fourth-order valence-corrected chi connectivity index (χ4v) is 2.31. The number of carbonyl (C=O) groups is 1. The number of nitrogens with zero attached hydrogens (tertiary/aromatic N) is 3. The summed E-state index contributed by atoms with van der Waals surface area (Å²) in [6.45, 7) is 1.20. The number of benzene rings is 2. The van der Waals surface area contributed by atoms with Gasteiger partial charge in [0.2, 0.25) is 0 Å². The third-order valence-electron chi connectivity index (χ3n) is 3.55. The Balaban J connectivity index is 1.66. The minimum atomic E-state index is -0.559. The topological polar surface area (TPSA) is 106 Å². The van der Waals surface area contributed by atoms with Crippen LogP contribution < -0.4 is 15.8 Å². The summed E-state index contributed by atoms with van der Waals surface area (Å²) in [5.41, 5.74) is 2.89. The Hall–Kier alpha value is -3.68. The number of carbonyl (C=O) groups excluding carboxylic acids is 1. The van der Waals surface area contributed by atoms with E-state index in [-0.39, 0.29) is 5.75 Å². The third kappa shape index (κ3) is 3.69. The molecular weight excluding hydrogens is 336 g/mol. The number of phenols is 1. The molecule has 0 bridgehead atoms. The summed E-state index contributed by atoms with van der Waals surface area (Å²) in [7, 11) is 0. The molecule has 8 heteroatoms. The molecule has 0 aliphatic heterocycles. The molecule has 132 valence electrons. The summed E-state index contributed by atoms with van der Waals surface area (Å²) in [5.74, 6) is -0.179. The zero-order valence-corrected chi connectivity index (χ0v) is 13.9. The van der Waals surface area contributed by atoms with Gasteiger partial charge in [-0.2, -0.15) is 5.10 Å². The maximum absolute atomic E-state index is 12.4. The average molecular weight is 352 g/mol. The Morgan fingerprint density at radius 1 is 1.27 bits per heavy atom. The molecule has 2 N–H and O–H groups in total. The lowest BCUT2D eigenvalue weighted by Gasteiger charge is -2.11. The van der Waals surface area contributed by atoms with E-state index >= 15 is 0 Å². The molecule has 1 aromatic heterocycles. The summed E-state index contributed by atoms with van der Waals surface area (Å²) in [6.07, 6.45) is 1.31. The number of aryl methyl sites for hydroxylation is 1. The van der Waals surface area contributed by atoms with Crippen molar-refractivity contribution < 1.29 is 14.7 Å². The molecule has 2 aromatic carbocycles. The van der Waals surface area contributed by atoms with Gasteiger partial charge in [-0.05, 0) is 31.2 Å². The number of hydrazone groups is 1. The number of phenolic OH excluding ortho intramolecular Hbond substituents is 1. The molecule has 0 aliphatic carbocycles. The summed E-state index contributed by atoms with van der Waals surface area (Å²) >= 11 is 0. The van der Waals surface area contributed by atoms with Gasteiger partial charge in [0.05, 0.1) is 17.1 Å². The standard InChI is InChI=1S/C18H16N4O4/c1-12-20-15-8-4-3-7-14(15)18(25)22(12)26-11-17(24)21-19-10-13-6-2-5-9-16(13)23/h2-10,23H,11H2,1H3,(H,21,24)/b19-10-. The normalized spacial score (nSPS) is 11.0. The lowest BCUT2D eigenvalue weighted by atomic mass is 10.2. The van der Waals surface area contributed by atoms with Crippen LogP contribution in [0.2, 0.25) is 0 Å². The van der Waals surface area contributed by atoms with Crippen LogP contribution in [0.3, 0.4) is 0 Å². The van der Waals surface area contributed by atoms with Crippen molar-refractivity contribution in [2.75, 3.05) is 6.61 Å². The predicted octanol–water partition coefficient (Wildman–Crippen LogP) is 0.989. The molecule has 3 rings (SSSR count). The monoisotopic (exact) mass is 352 g/mol. The van der Waals surface area contributed by atoms with E-state index < -0.39 is 18.1 Å². The highest BCUT2D eigenvalue weighted by atomic mass is 16.7. The van der Waals surface area contributed by atoms with E-state index in [1.807, 2.05) is 0 Å². The number of hydrogen-bond acceptors (Lipinski definition) is 6. The maximum Gasteiger partial charge on any atom is 0.294 e. The van der Waals surface area contributed by atoms with Crippen LogP contribution in [0.1, 0.15) is 11.4 Å². The first-order valence-electron chi connectivity index (χ1n) is 7.78. The van der Waals surface area contributed by atoms with Gasteiger partial charge < -0.3 is 9.94 Å². The summed E-state index contributed by atoms with van der Waals surface area (Å²) in [4.78, 5) is 33.8. The Bertz CT molecular complexity index is 1040. The summed E-state index contributed by atoms with van der Waals surface area (Å²) in [6, 6.07) is 13.4. The third-order valence-corrected chi connectivity index (χ3v) is 3.55. The van der Waals surface area contributed by atoms with Gasteiger partial charge in [0.25, 0.3) is 11.5 Å². The van der Waals surface area contributed by atoms with Gasteiger partial charge >= 0.3 is 0 Å². The zero-order valence-electron chi connectivity index (χ0n) is 13.9. The molecule has 1 heterocycles. The highest BCUT2D eigenvalue weighted by molar-refractivity contribution is 5.85. The molecule has 0 fully saturated rings. The van der Waals surface area contributed by atoms with Crippen molar-refractivity contribution in [1.29, 1.82) is 0 Å². The van der Waals surface area contributed by atoms with Crippen LogP contribution in [-0.4, -0.2) is 33.5 Å². The van der Waals surface area contributed by atoms with Crippen molar-refractivity contribution in [3.8, 4) is 5.75 Å². The van der Waals surface area contributed by atoms with Crippen molar-refractivity contribution in [2.45, 2.75) is 6.92 Å². The van der Waals surface area contributed by atoms with Gasteiger partial charge in [0.1, 0.15) is 11.6 Å². The minimum absolute atomic E-state index is 0.0474. The number of nitrogens with one attached hydrogen (secondary N) is 1. The van der Waals surface area contributed by atoms with Crippen molar-refractivity contribution in [2.24, 2.45) is 5.10 Å². The quantitative estimate of drug-likeness (QED) is 0.526. The van der Waals surface area contributed by atoms with E-state index in [1.54, 1.807) is 49.4 Å². The van der Waals surface area contributed by atoms with Gasteiger partial charge in [-0.1, -0.05) is 24.3 Å². The number of amides is 1. The van der Waals surface area contributed by atoms with Gasteiger partial charge in [-0.25, -0.2) is 10.4 Å². The fraction of sp³-hybridized carbons (Fsp3) is 0.111. The van der Waals surface area contributed by atoms with Crippen LogP contribution in [-0.2, 0) is 4.79 Å². The van der Waals surface area contributed by atoms with Crippen LogP contribution in [0.25, 0.3) is 10.9 Å². The molecule has 0 radical (unpaired) electrons. The number of hydrogen-bond donors (Lipinski definition) is 2. The largest absolute Gasteiger partial charge is 0.507 e. The molecule has 26 heavy (non-hydrogen) atoms. The molecular formula is C18H16N4O4. The first-order chi connectivity index (χ1) is 12.6. The highest BCUT2D eigenvalue weighted by Crippen LogP contribution is 2.12. The van der Waals surface area contributed by atoms with Gasteiger partial charge in [0, 0.05) is 5.56 Å². The maximum atomic E-state index is 12.4. The molecule has 1 amide bonds. The van der Waals surface area contributed by atoms with E-state index in [9.17, 15) is 14.7 Å². The number of aromatic hydroxyl groups is 1. The second kappa shape index (κ2) is 7.47. The molecule has 0 spiro atoms. The van der Waals surface area contributed by atoms with Crippen molar-refractivity contribution in [1.82, 2.24) is 15.1 Å². The minimum Gasteiger partial charge on any atom is -0.507 e. The van der Waals surface area contributed by atoms with Crippen LogP contribution in [0, 0.1) is 6.92 Å². The zero-order chi connectivity index (χ0) is 18.5. The van der Waals surface area contributed by atoms with E-state index in [1.165, 1.54) is 12.3 Å². The Morgan fingerprint density at radius 3 is 2.81 bits per heavy atom. The average Bonchev–Trinajstić information content (AvgIpc) is 2.63. The van der Waals surface area contributed by atoms with Crippen LogP contribution in [0.5, 0.6) is 5.75 Å². The number of rotatable bonds is 5. The van der Waals surface area contributed by atoms with Crippen LogP contribution in [0.4, 0.5) is 0 Å². The molecule has 8 nitrogen and oxygen atoms in total. The molecule has 0 saturated carbocycles. The molecule has 3 aromatic rings. The Labute approximate surface area is 148 Å². The van der Waals surface area contributed by atoms with Crippen LogP contribution >= 0.6 is 0 Å². The smallest absolute Gasteiger partial charge is 0.294 e. The van der Waals surface area contributed by atoms with Gasteiger partial charge in [-0.15, -0.1) is 4.73 Å². The first-order valence-corrected chi connectivity index (χ1v) is 7.78. The lowest BCUT2D eigenvalue weighted by Crippen LogP contribution is -2.35. The van der Waals surface area contributed by atoms with Crippen molar-refractivity contribution in [3.05, 3.63) is 70.3 Å². The molecule has 0 atom stereocenters. The highest BCUT2D eigenvalue weighted by Gasteiger charge is 2.10. The summed E-state index contributed by atoms with van der Waals surface area (Å²) in [5, 5.41) is 13.7. The number of aromatic nitrogens is 2. The molecule has 0 saturated heterocycles. The van der Waals surface area contributed by atoms with E-state index in [0.29, 0.717) is 22.3 Å². The SMILES string of the molecule is Cc1nc2ccccc2c(=O)n1OCC(=O)N/N=C\c1ccccc1O. The van der Waals surface area contributed by atoms with Gasteiger partial charge in [0.15, 0.2) is 6.61 Å². The van der Waals surface area contributed by atoms with Gasteiger partial charge in [-0.3, -0.25) is 9.59 Å². The van der Waals surface area contributed by atoms with Crippen molar-refractivity contribution >= 4 is 23.0 Å². The number of para-hydroxylation sites is 2. The Kier molecular flexibility index (Phi) is 4.93. The fourth-order valence-electron chi connectivity index (χ4n) is 2.31. The second-order valence-electron chi connectivity index (χ2n) is 5.40. The molecule has 0 unspecified atom stereocenters. The van der Waals surface area contributed by atoms with Crippen LogP contribution in [0.15, 0.2) is 58.4 Å².